The Morgan fingerprint density at radius 2 is 1.95 bits per heavy atom. The topological polar surface area (TPSA) is 23.6 Å². The van der Waals surface area contributed by atoms with Crippen LogP contribution >= 0.6 is 15.9 Å². The molecule has 0 unspecified atom stereocenters. The lowest BCUT2D eigenvalue weighted by Crippen LogP contribution is -2.41. The molecule has 1 saturated heterocycles. The van der Waals surface area contributed by atoms with Crippen molar-refractivity contribution >= 4 is 21.8 Å². The molecule has 1 aromatic carbocycles. The third kappa shape index (κ3) is 4.82. The van der Waals surface area contributed by atoms with E-state index in [2.05, 4.69) is 45.1 Å². The molecule has 0 aromatic heterocycles. The number of carbonyl (C=O) groups is 1. The fourth-order valence-electron chi connectivity index (χ4n) is 2.70. The normalized spacial score (nSPS) is 17.6. The molecule has 4 heteroatoms. The second-order valence-corrected chi connectivity index (χ2v) is 7.72. The number of rotatable bonds is 2. The van der Waals surface area contributed by atoms with Gasteiger partial charge in [-0.15, -0.1) is 0 Å². The predicted molar refractivity (Wildman–Crippen MR) is 90.1 cm³/mol. The molecule has 0 bridgehead atoms. The first kappa shape index (κ1) is 16.5. The van der Waals surface area contributed by atoms with Crippen molar-refractivity contribution in [1.29, 1.82) is 0 Å². The molecule has 1 heterocycles. The average Bonchev–Trinajstić information content (AvgIpc) is 2.62. The van der Waals surface area contributed by atoms with Gasteiger partial charge in [-0.2, -0.15) is 0 Å². The van der Waals surface area contributed by atoms with Gasteiger partial charge in [0.2, 0.25) is 5.91 Å². The minimum Gasteiger partial charge on any atom is -0.341 e. The Hall–Kier alpha value is -0.870. The van der Waals surface area contributed by atoms with Crippen molar-refractivity contribution in [3.05, 3.63) is 34.3 Å². The third-order valence-electron chi connectivity index (χ3n) is 3.81. The third-order valence-corrected chi connectivity index (χ3v) is 4.31. The molecule has 1 fully saturated rings. The molecule has 2 rings (SSSR count). The van der Waals surface area contributed by atoms with E-state index in [4.69, 9.17) is 0 Å². The van der Waals surface area contributed by atoms with Gasteiger partial charge in [-0.05, 0) is 24.1 Å². The smallest absolute Gasteiger partial charge is 0.227 e. The van der Waals surface area contributed by atoms with E-state index in [9.17, 15) is 4.79 Å². The molecule has 0 saturated carbocycles. The van der Waals surface area contributed by atoms with E-state index in [1.54, 1.807) is 0 Å². The number of hydrogen-bond acceptors (Lipinski definition) is 2. The summed E-state index contributed by atoms with van der Waals surface area (Å²) >= 11 is 3.52. The Morgan fingerprint density at radius 1 is 1.19 bits per heavy atom. The Kier molecular flexibility index (Phi) is 5.44. The number of hydrogen-bond donors (Lipinski definition) is 0. The lowest BCUT2D eigenvalue weighted by molar-refractivity contribution is -0.139. The van der Waals surface area contributed by atoms with Crippen LogP contribution in [-0.2, 0) is 11.3 Å². The standard InChI is InChI=1S/C17H25BrN2O/c1-17(2,3)16(21)20-9-5-8-19(10-11-20)13-14-6-4-7-15(18)12-14/h4,6-7,12H,5,8-11,13H2,1-3H3. The molecule has 0 spiro atoms. The number of nitrogens with zero attached hydrogens (tertiary/aromatic N) is 2. The van der Waals surface area contributed by atoms with Gasteiger partial charge in [-0.25, -0.2) is 0 Å². The van der Waals surface area contributed by atoms with Crippen molar-refractivity contribution in [2.75, 3.05) is 26.2 Å². The van der Waals surface area contributed by atoms with E-state index in [1.807, 2.05) is 25.7 Å². The lowest BCUT2D eigenvalue weighted by Gasteiger charge is -2.28. The van der Waals surface area contributed by atoms with Crippen LogP contribution in [-0.4, -0.2) is 41.9 Å². The Balaban J connectivity index is 1.93. The predicted octanol–water partition coefficient (Wildman–Crippen LogP) is 3.53. The first-order chi connectivity index (χ1) is 9.86. The molecule has 0 N–H and O–H groups in total. The SMILES string of the molecule is CC(C)(C)C(=O)N1CCCN(Cc2cccc(Br)c2)CC1. The van der Waals surface area contributed by atoms with Crippen LogP contribution in [0.1, 0.15) is 32.8 Å². The van der Waals surface area contributed by atoms with Gasteiger partial charge >= 0.3 is 0 Å². The van der Waals surface area contributed by atoms with Crippen molar-refractivity contribution in [3.63, 3.8) is 0 Å². The number of amides is 1. The molecule has 0 aliphatic carbocycles. The van der Waals surface area contributed by atoms with E-state index >= 15 is 0 Å². The van der Waals surface area contributed by atoms with Crippen LogP contribution in [0.15, 0.2) is 28.7 Å². The quantitative estimate of drug-likeness (QED) is 0.812. The highest BCUT2D eigenvalue weighted by Gasteiger charge is 2.28. The van der Waals surface area contributed by atoms with Gasteiger partial charge in [0.05, 0.1) is 0 Å². The van der Waals surface area contributed by atoms with Crippen LogP contribution in [0, 0.1) is 5.41 Å². The summed E-state index contributed by atoms with van der Waals surface area (Å²) in [6.07, 6.45) is 1.05. The van der Waals surface area contributed by atoms with Gasteiger partial charge in [0.25, 0.3) is 0 Å². The van der Waals surface area contributed by atoms with Gasteiger partial charge in [0.15, 0.2) is 0 Å². The van der Waals surface area contributed by atoms with E-state index in [-0.39, 0.29) is 11.3 Å². The molecule has 1 aromatic rings. The Morgan fingerprint density at radius 3 is 2.62 bits per heavy atom. The van der Waals surface area contributed by atoms with Crippen LogP contribution in [0.25, 0.3) is 0 Å². The van der Waals surface area contributed by atoms with Crippen molar-refractivity contribution < 1.29 is 4.79 Å². The zero-order valence-electron chi connectivity index (χ0n) is 13.2. The molecule has 0 atom stereocenters. The minimum absolute atomic E-state index is 0.270. The highest BCUT2D eigenvalue weighted by Crippen LogP contribution is 2.19. The second kappa shape index (κ2) is 6.93. The van der Waals surface area contributed by atoms with Gasteiger partial charge in [0, 0.05) is 42.6 Å². The van der Waals surface area contributed by atoms with E-state index < -0.39 is 0 Å². The van der Waals surface area contributed by atoms with Crippen LogP contribution in [0.2, 0.25) is 0 Å². The summed E-state index contributed by atoms with van der Waals surface area (Å²) in [4.78, 5) is 16.9. The molecule has 1 aliphatic rings. The fourth-order valence-corrected chi connectivity index (χ4v) is 3.15. The molecule has 116 valence electrons. The first-order valence-electron chi connectivity index (χ1n) is 7.62. The highest BCUT2D eigenvalue weighted by molar-refractivity contribution is 9.10. The fraction of sp³-hybridized carbons (Fsp3) is 0.588. The molecule has 21 heavy (non-hydrogen) atoms. The maximum atomic E-state index is 12.4. The summed E-state index contributed by atoms with van der Waals surface area (Å²) < 4.78 is 1.12. The number of carbonyl (C=O) groups excluding carboxylic acids is 1. The summed E-state index contributed by atoms with van der Waals surface area (Å²) in [6, 6.07) is 8.46. The average molecular weight is 353 g/mol. The summed E-state index contributed by atoms with van der Waals surface area (Å²) in [5, 5.41) is 0. The summed E-state index contributed by atoms with van der Waals surface area (Å²) in [5.74, 6) is 0.270. The Bertz CT molecular complexity index is 496. The van der Waals surface area contributed by atoms with Crippen LogP contribution in [0.5, 0.6) is 0 Å². The van der Waals surface area contributed by atoms with E-state index in [1.165, 1.54) is 5.56 Å². The van der Waals surface area contributed by atoms with Gasteiger partial charge in [-0.3, -0.25) is 9.69 Å². The minimum atomic E-state index is -0.278. The van der Waals surface area contributed by atoms with Crippen molar-refractivity contribution in [3.8, 4) is 0 Å². The molecule has 1 aliphatic heterocycles. The molecule has 1 amide bonds. The monoisotopic (exact) mass is 352 g/mol. The van der Waals surface area contributed by atoms with E-state index in [0.717, 1.165) is 43.6 Å². The number of halogens is 1. The van der Waals surface area contributed by atoms with Crippen LogP contribution < -0.4 is 0 Å². The van der Waals surface area contributed by atoms with Crippen molar-refractivity contribution in [2.45, 2.75) is 33.7 Å². The molecular formula is C17H25BrN2O. The largest absolute Gasteiger partial charge is 0.341 e. The van der Waals surface area contributed by atoms with Gasteiger partial charge in [0.1, 0.15) is 0 Å². The van der Waals surface area contributed by atoms with Crippen molar-refractivity contribution in [2.24, 2.45) is 5.41 Å². The summed E-state index contributed by atoms with van der Waals surface area (Å²) in [5.41, 5.74) is 1.04. The second-order valence-electron chi connectivity index (χ2n) is 6.80. The van der Waals surface area contributed by atoms with E-state index in [0.29, 0.717) is 0 Å². The number of benzene rings is 1. The van der Waals surface area contributed by atoms with Gasteiger partial charge < -0.3 is 4.90 Å². The summed E-state index contributed by atoms with van der Waals surface area (Å²) in [6.45, 7) is 10.7. The van der Waals surface area contributed by atoms with Crippen LogP contribution in [0.3, 0.4) is 0 Å². The highest BCUT2D eigenvalue weighted by atomic mass is 79.9. The Labute approximate surface area is 136 Å². The molecule has 3 nitrogen and oxygen atoms in total. The first-order valence-corrected chi connectivity index (χ1v) is 8.42. The zero-order valence-corrected chi connectivity index (χ0v) is 14.8. The molecular weight excluding hydrogens is 328 g/mol. The maximum absolute atomic E-state index is 12.4. The lowest BCUT2D eigenvalue weighted by atomic mass is 9.94. The van der Waals surface area contributed by atoms with Crippen molar-refractivity contribution in [1.82, 2.24) is 9.80 Å². The van der Waals surface area contributed by atoms with Crippen LogP contribution in [0.4, 0.5) is 0 Å². The van der Waals surface area contributed by atoms with Gasteiger partial charge in [-0.1, -0.05) is 48.8 Å². The zero-order chi connectivity index (χ0) is 15.5. The summed E-state index contributed by atoms with van der Waals surface area (Å²) in [7, 11) is 0. The molecule has 0 radical (unpaired) electrons. The maximum Gasteiger partial charge on any atom is 0.227 e.